The van der Waals surface area contributed by atoms with Crippen LogP contribution in [0.4, 0.5) is 0 Å². The van der Waals surface area contributed by atoms with Gasteiger partial charge in [0, 0.05) is 7.11 Å². The van der Waals surface area contributed by atoms with Gasteiger partial charge in [-0.05, 0) is 12.1 Å². The van der Waals surface area contributed by atoms with Crippen molar-refractivity contribution in [2.75, 3.05) is 14.2 Å². The highest BCUT2D eigenvalue weighted by atomic mass is 31.1. The van der Waals surface area contributed by atoms with Crippen molar-refractivity contribution in [2.45, 2.75) is 0 Å². The van der Waals surface area contributed by atoms with Gasteiger partial charge in [0.25, 0.3) is 0 Å². The van der Waals surface area contributed by atoms with Gasteiger partial charge in [0.1, 0.15) is 0 Å². The Balaban J connectivity index is 2.81. The van der Waals surface area contributed by atoms with Crippen LogP contribution in [0.15, 0.2) is 24.3 Å². The molecule has 0 aliphatic rings. The third kappa shape index (κ3) is 2.76. The maximum Gasteiger partial charge on any atom is 0.367 e. The van der Waals surface area contributed by atoms with E-state index in [4.69, 9.17) is 9.26 Å². The average molecular weight is 202 g/mol. The number of hydrogen-bond donors (Lipinski definition) is 0. The summed E-state index contributed by atoms with van der Waals surface area (Å²) in [6.45, 7) is 0. The minimum absolute atomic E-state index is 0.427. The van der Waals surface area contributed by atoms with Crippen LogP contribution in [0.5, 0.6) is 11.5 Å². The third-order valence-electron chi connectivity index (χ3n) is 1.43. The summed E-state index contributed by atoms with van der Waals surface area (Å²) in [7, 11) is 0.407. The van der Waals surface area contributed by atoms with Crippen LogP contribution in [0.2, 0.25) is 0 Å². The minimum Gasteiger partial charge on any atom is -0.493 e. The fraction of sp³-hybridized carbons (Fsp3) is 0.250. The molecule has 0 amide bonds. The first kappa shape index (κ1) is 10.1. The minimum atomic E-state index is -2.44. The lowest BCUT2D eigenvalue weighted by atomic mass is 10.3. The molecular weight excluding hydrogens is 191 g/mol. The molecule has 0 saturated carbocycles. The van der Waals surface area contributed by atoms with E-state index in [1.54, 1.807) is 24.3 Å². The molecule has 1 rings (SSSR count). The van der Waals surface area contributed by atoms with Crippen molar-refractivity contribution in [3.63, 3.8) is 0 Å². The summed E-state index contributed by atoms with van der Waals surface area (Å²) in [6, 6.07) is 6.96. The number of benzene rings is 1. The van der Waals surface area contributed by atoms with E-state index in [2.05, 4.69) is 4.52 Å². The Hall–Kier alpha value is -0.990. The average Bonchev–Trinajstić information content (AvgIpc) is 2.18. The van der Waals surface area contributed by atoms with Crippen LogP contribution in [0.1, 0.15) is 0 Å². The Kier molecular flexibility index (Phi) is 3.80. The molecule has 0 N–H and O–H groups in total. The maximum atomic E-state index is 10.9. The highest BCUT2D eigenvalue weighted by Gasteiger charge is 2.05. The number of rotatable bonds is 4. The van der Waals surface area contributed by atoms with Crippen LogP contribution in [0.3, 0.4) is 0 Å². The van der Waals surface area contributed by atoms with Crippen molar-refractivity contribution in [2.24, 2.45) is 0 Å². The number of methoxy groups -OCH3 is 1. The van der Waals surface area contributed by atoms with Gasteiger partial charge in [0.05, 0.1) is 7.11 Å². The second-order valence-electron chi connectivity index (χ2n) is 2.21. The van der Waals surface area contributed by atoms with E-state index in [9.17, 15) is 4.57 Å². The molecule has 0 radical (unpaired) electrons. The lowest BCUT2D eigenvalue weighted by molar-refractivity contribution is 0.336. The van der Waals surface area contributed by atoms with Gasteiger partial charge >= 0.3 is 8.25 Å². The van der Waals surface area contributed by atoms with Gasteiger partial charge in [0.15, 0.2) is 11.5 Å². The van der Waals surface area contributed by atoms with Crippen molar-refractivity contribution < 1.29 is 18.3 Å². The lowest BCUT2D eigenvalue weighted by Gasteiger charge is -2.08. The summed E-state index contributed by atoms with van der Waals surface area (Å²) in [6.07, 6.45) is 0. The molecule has 0 spiro atoms. The molecule has 13 heavy (non-hydrogen) atoms. The molecule has 1 aromatic rings. The van der Waals surface area contributed by atoms with E-state index in [0.29, 0.717) is 11.5 Å². The Morgan fingerprint density at radius 3 is 2.31 bits per heavy atom. The molecule has 0 aliphatic heterocycles. The maximum absolute atomic E-state index is 10.9. The normalized spacial score (nSPS) is 12.2. The molecule has 0 aliphatic carbocycles. The van der Waals surface area contributed by atoms with E-state index < -0.39 is 8.25 Å². The van der Waals surface area contributed by atoms with Gasteiger partial charge in [-0.1, -0.05) is 12.1 Å². The zero-order chi connectivity index (χ0) is 9.68. The van der Waals surface area contributed by atoms with E-state index in [-0.39, 0.29) is 0 Å². The SMILES string of the molecule is COc1ccccc1O[PH](=O)OC. The molecule has 1 aromatic carbocycles. The smallest absolute Gasteiger partial charge is 0.367 e. The molecule has 72 valence electrons. The highest BCUT2D eigenvalue weighted by Crippen LogP contribution is 2.34. The summed E-state index contributed by atoms with van der Waals surface area (Å²) in [5.74, 6) is 0.966. The molecule has 0 saturated heterocycles. The zero-order valence-electron chi connectivity index (χ0n) is 7.44. The van der Waals surface area contributed by atoms with E-state index in [0.717, 1.165) is 0 Å². The lowest BCUT2D eigenvalue weighted by Crippen LogP contribution is -1.88. The number of hydrogen-bond acceptors (Lipinski definition) is 4. The van der Waals surface area contributed by atoms with Gasteiger partial charge in [-0.2, -0.15) is 0 Å². The first-order chi connectivity index (χ1) is 6.27. The van der Waals surface area contributed by atoms with E-state index >= 15 is 0 Å². The van der Waals surface area contributed by atoms with Crippen LogP contribution < -0.4 is 9.26 Å². The standard InChI is InChI=1S/C8H11O4P/c1-10-7-5-3-4-6-8(7)12-13(9)11-2/h3-6,13H,1-2H3. The van der Waals surface area contributed by atoms with Crippen LogP contribution >= 0.6 is 8.25 Å². The molecule has 5 heteroatoms. The Morgan fingerprint density at radius 1 is 1.15 bits per heavy atom. The molecule has 0 heterocycles. The van der Waals surface area contributed by atoms with Crippen LogP contribution in [-0.4, -0.2) is 14.2 Å². The quantitative estimate of drug-likeness (QED) is 0.701. The topological polar surface area (TPSA) is 44.8 Å². The van der Waals surface area contributed by atoms with Crippen LogP contribution in [0.25, 0.3) is 0 Å². The second-order valence-corrected chi connectivity index (χ2v) is 3.32. The van der Waals surface area contributed by atoms with Crippen molar-refractivity contribution in [3.05, 3.63) is 24.3 Å². The molecule has 0 bridgehead atoms. The monoisotopic (exact) mass is 202 g/mol. The predicted octanol–water partition coefficient (Wildman–Crippen LogP) is 2.11. The van der Waals surface area contributed by atoms with Crippen molar-refractivity contribution in [1.29, 1.82) is 0 Å². The van der Waals surface area contributed by atoms with Gasteiger partial charge in [-0.15, -0.1) is 0 Å². The Morgan fingerprint density at radius 2 is 1.77 bits per heavy atom. The molecule has 0 fully saturated rings. The Bertz CT molecular complexity index is 300. The van der Waals surface area contributed by atoms with Crippen molar-refractivity contribution in [1.82, 2.24) is 0 Å². The molecule has 4 nitrogen and oxygen atoms in total. The molecule has 1 atom stereocenters. The van der Waals surface area contributed by atoms with Gasteiger partial charge < -0.3 is 13.8 Å². The van der Waals surface area contributed by atoms with E-state index in [1.165, 1.54) is 14.2 Å². The van der Waals surface area contributed by atoms with Gasteiger partial charge in [-0.25, -0.2) is 4.57 Å². The number of para-hydroxylation sites is 2. The summed E-state index contributed by atoms with van der Waals surface area (Å²) in [5.41, 5.74) is 0. The first-order valence-corrected chi connectivity index (χ1v) is 4.89. The Labute approximate surface area is 77.4 Å². The molecule has 1 unspecified atom stereocenters. The first-order valence-electron chi connectivity index (χ1n) is 3.66. The van der Waals surface area contributed by atoms with E-state index in [1.807, 2.05) is 0 Å². The van der Waals surface area contributed by atoms with Gasteiger partial charge in [-0.3, -0.25) is 0 Å². The largest absolute Gasteiger partial charge is 0.493 e. The number of ether oxygens (including phenoxy) is 1. The fourth-order valence-electron chi connectivity index (χ4n) is 0.835. The summed E-state index contributed by atoms with van der Waals surface area (Å²) >= 11 is 0. The van der Waals surface area contributed by atoms with Crippen molar-refractivity contribution in [3.8, 4) is 11.5 Å². The van der Waals surface area contributed by atoms with Crippen LogP contribution in [-0.2, 0) is 9.09 Å². The molecule has 0 aromatic heterocycles. The third-order valence-corrected chi connectivity index (χ3v) is 2.15. The second kappa shape index (κ2) is 4.90. The summed E-state index contributed by atoms with van der Waals surface area (Å²) in [5, 5.41) is 0. The highest BCUT2D eigenvalue weighted by molar-refractivity contribution is 7.33. The van der Waals surface area contributed by atoms with Crippen molar-refractivity contribution >= 4 is 8.25 Å². The van der Waals surface area contributed by atoms with Gasteiger partial charge in [0.2, 0.25) is 0 Å². The van der Waals surface area contributed by atoms with Crippen LogP contribution in [0, 0.1) is 0 Å². The summed E-state index contributed by atoms with van der Waals surface area (Å²) < 4.78 is 25.4. The molecular formula is C8H11O4P. The fourth-order valence-corrected chi connectivity index (χ4v) is 1.27. The predicted molar refractivity (Wildman–Crippen MR) is 49.6 cm³/mol. The summed E-state index contributed by atoms with van der Waals surface area (Å²) in [4.78, 5) is 0. The zero-order valence-corrected chi connectivity index (χ0v) is 8.44.